The summed E-state index contributed by atoms with van der Waals surface area (Å²) in [5.74, 6) is 1.78. The van der Waals surface area contributed by atoms with E-state index in [-0.39, 0.29) is 0 Å². The maximum atomic E-state index is 5.37. The first-order valence-corrected chi connectivity index (χ1v) is 20.3. The van der Waals surface area contributed by atoms with Crippen molar-refractivity contribution in [3.05, 3.63) is 212 Å². The fourth-order valence-electron chi connectivity index (χ4n) is 8.98. The SMILES string of the molecule is c1ccc(-c2nc(-c3ccc(-c4ccc5ccccc5c4)cc3)nc(-n3c4ccccc4c4ccc5c6ccccc6n(-c6ccccc6-c6ccccc6)c5c43)n2)cc1. The van der Waals surface area contributed by atoms with E-state index in [1.807, 2.05) is 18.2 Å². The molecule has 0 aliphatic carbocycles. The third-order valence-electron chi connectivity index (χ3n) is 11.8. The largest absolute Gasteiger partial charge is 0.307 e. The van der Waals surface area contributed by atoms with Gasteiger partial charge in [0.25, 0.3) is 0 Å². The van der Waals surface area contributed by atoms with Crippen LogP contribution in [0, 0.1) is 0 Å². The lowest BCUT2D eigenvalue weighted by atomic mass is 10.0. The van der Waals surface area contributed by atoms with Crippen LogP contribution in [0.5, 0.6) is 0 Å². The second kappa shape index (κ2) is 13.8. The fraction of sp³-hybridized carbons (Fsp3) is 0. The summed E-state index contributed by atoms with van der Waals surface area (Å²) in [7, 11) is 0. The third-order valence-corrected chi connectivity index (χ3v) is 11.8. The number of para-hydroxylation sites is 3. The molecule has 0 fully saturated rings. The summed E-state index contributed by atoms with van der Waals surface area (Å²) in [5, 5.41) is 7.05. The maximum absolute atomic E-state index is 5.37. The molecule has 0 spiro atoms. The summed E-state index contributed by atoms with van der Waals surface area (Å²) in [6.07, 6.45) is 0. The highest BCUT2D eigenvalue weighted by Gasteiger charge is 2.24. The van der Waals surface area contributed by atoms with Gasteiger partial charge in [-0.05, 0) is 51.7 Å². The lowest BCUT2D eigenvalue weighted by Crippen LogP contribution is -2.07. The smallest absolute Gasteiger partial charge is 0.238 e. The molecule has 0 unspecified atom stereocenters. The molecule has 0 radical (unpaired) electrons. The zero-order chi connectivity index (χ0) is 39.6. The normalized spacial score (nSPS) is 11.7. The topological polar surface area (TPSA) is 48.5 Å². The monoisotopic (exact) mass is 765 g/mol. The summed E-state index contributed by atoms with van der Waals surface area (Å²) >= 11 is 0. The number of hydrogen-bond donors (Lipinski definition) is 0. The first-order chi connectivity index (χ1) is 29.8. The van der Waals surface area contributed by atoms with Crippen LogP contribution in [0.3, 0.4) is 0 Å². The summed E-state index contributed by atoms with van der Waals surface area (Å²) in [4.78, 5) is 15.9. The van der Waals surface area contributed by atoms with Crippen LogP contribution in [0.25, 0.3) is 111 Å². The maximum Gasteiger partial charge on any atom is 0.238 e. The Labute approximate surface area is 346 Å². The molecule has 3 heterocycles. The molecular weight excluding hydrogens is 731 g/mol. The summed E-state index contributed by atoms with van der Waals surface area (Å²) in [6.45, 7) is 0. The van der Waals surface area contributed by atoms with Gasteiger partial charge in [0.05, 0.1) is 27.8 Å². The standard InChI is InChI=1S/C55H35N5/c1-3-16-38(17-4-1)43-21-9-12-24-48(43)59-49-25-13-10-22-44(49)46-33-34-47-45-23-11-14-26-50(45)60(52(47)51(46)59)55-57-53(39-18-5-2-6-19-39)56-54(58-55)40-30-27-37(28-31-40)42-32-29-36-15-7-8-20-41(36)35-42/h1-35H. The highest BCUT2D eigenvalue weighted by atomic mass is 15.2. The van der Waals surface area contributed by atoms with Gasteiger partial charge in [-0.2, -0.15) is 9.97 Å². The fourth-order valence-corrected chi connectivity index (χ4v) is 8.98. The lowest BCUT2D eigenvalue weighted by Gasteiger charge is -2.16. The predicted molar refractivity (Wildman–Crippen MR) is 248 cm³/mol. The Balaban J connectivity index is 1.14. The summed E-state index contributed by atoms with van der Waals surface area (Å²) < 4.78 is 4.70. The van der Waals surface area contributed by atoms with E-state index in [2.05, 4.69) is 203 Å². The minimum atomic E-state index is 0.560. The second-order valence-electron chi connectivity index (χ2n) is 15.2. The van der Waals surface area contributed by atoms with Crippen molar-refractivity contribution in [1.82, 2.24) is 24.1 Å². The van der Waals surface area contributed by atoms with Gasteiger partial charge in [-0.15, -0.1) is 0 Å². The molecule has 5 heteroatoms. The van der Waals surface area contributed by atoms with Crippen molar-refractivity contribution < 1.29 is 0 Å². The molecule has 3 aromatic heterocycles. The lowest BCUT2D eigenvalue weighted by molar-refractivity contribution is 0.953. The molecule has 280 valence electrons. The third kappa shape index (κ3) is 5.44. The molecule has 0 saturated carbocycles. The van der Waals surface area contributed by atoms with Crippen molar-refractivity contribution in [3.63, 3.8) is 0 Å². The minimum absolute atomic E-state index is 0.560. The van der Waals surface area contributed by atoms with Crippen LogP contribution in [0.15, 0.2) is 212 Å². The molecule has 0 aliphatic rings. The van der Waals surface area contributed by atoms with Gasteiger partial charge in [0.15, 0.2) is 11.6 Å². The first kappa shape index (κ1) is 33.9. The van der Waals surface area contributed by atoms with Crippen LogP contribution in [0.4, 0.5) is 0 Å². The molecule has 0 amide bonds. The van der Waals surface area contributed by atoms with E-state index in [9.17, 15) is 0 Å². The molecule has 12 aromatic rings. The Bertz CT molecular complexity index is 3580. The Morgan fingerprint density at radius 2 is 0.800 bits per heavy atom. The molecular formula is C55H35N5. The molecule has 0 bridgehead atoms. The van der Waals surface area contributed by atoms with Crippen molar-refractivity contribution in [3.8, 4) is 56.7 Å². The van der Waals surface area contributed by atoms with Crippen molar-refractivity contribution in [2.24, 2.45) is 0 Å². The Morgan fingerprint density at radius 1 is 0.300 bits per heavy atom. The van der Waals surface area contributed by atoms with Crippen LogP contribution in [-0.2, 0) is 0 Å². The van der Waals surface area contributed by atoms with Gasteiger partial charge < -0.3 is 4.57 Å². The highest BCUT2D eigenvalue weighted by molar-refractivity contribution is 6.24. The van der Waals surface area contributed by atoms with Gasteiger partial charge in [-0.1, -0.05) is 188 Å². The van der Waals surface area contributed by atoms with Crippen molar-refractivity contribution >= 4 is 54.4 Å². The zero-order valence-electron chi connectivity index (χ0n) is 32.4. The molecule has 0 aliphatic heterocycles. The minimum Gasteiger partial charge on any atom is -0.307 e. The number of nitrogens with zero attached hydrogens (tertiary/aromatic N) is 5. The molecule has 0 saturated heterocycles. The number of rotatable bonds is 6. The number of aromatic nitrogens is 5. The van der Waals surface area contributed by atoms with Crippen LogP contribution in [0.2, 0.25) is 0 Å². The first-order valence-electron chi connectivity index (χ1n) is 20.3. The molecule has 0 atom stereocenters. The van der Waals surface area contributed by atoms with Gasteiger partial charge in [-0.3, -0.25) is 4.57 Å². The van der Waals surface area contributed by atoms with Gasteiger partial charge in [0.1, 0.15) is 0 Å². The Morgan fingerprint density at radius 3 is 1.50 bits per heavy atom. The van der Waals surface area contributed by atoms with E-state index < -0.39 is 0 Å². The summed E-state index contributed by atoms with van der Waals surface area (Å²) in [5.41, 5.74) is 11.8. The van der Waals surface area contributed by atoms with E-state index in [1.54, 1.807) is 0 Å². The zero-order valence-corrected chi connectivity index (χ0v) is 32.4. The molecule has 12 rings (SSSR count). The molecule has 9 aromatic carbocycles. The second-order valence-corrected chi connectivity index (χ2v) is 15.2. The van der Waals surface area contributed by atoms with Crippen LogP contribution >= 0.6 is 0 Å². The van der Waals surface area contributed by atoms with Gasteiger partial charge in [-0.25, -0.2) is 4.98 Å². The van der Waals surface area contributed by atoms with Crippen molar-refractivity contribution in [2.75, 3.05) is 0 Å². The number of hydrogen-bond acceptors (Lipinski definition) is 3. The van der Waals surface area contributed by atoms with Crippen LogP contribution in [0.1, 0.15) is 0 Å². The average Bonchev–Trinajstić information content (AvgIpc) is 3.85. The molecule has 5 nitrogen and oxygen atoms in total. The van der Waals surface area contributed by atoms with E-state index in [1.165, 1.54) is 21.7 Å². The molecule has 60 heavy (non-hydrogen) atoms. The van der Waals surface area contributed by atoms with Gasteiger partial charge >= 0.3 is 0 Å². The highest BCUT2D eigenvalue weighted by Crippen LogP contribution is 2.43. The van der Waals surface area contributed by atoms with E-state index in [4.69, 9.17) is 15.0 Å². The van der Waals surface area contributed by atoms with Gasteiger partial charge in [0, 0.05) is 38.2 Å². The summed E-state index contributed by atoms with van der Waals surface area (Å²) in [6, 6.07) is 75.1. The van der Waals surface area contributed by atoms with Crippen LogP contribution in [-0.4, -0.2) is 24.1 Å². The van der Waals surface area contributed by atoms with E-state index >= 15 is 0 Å². The Kier molecular flexibility index (Phi) is 7.78. The molecule has 0 N–H and O–H groups in total. The van der Waals surface area contributed by atoms with Crippen molar-refractivity contribution in [2.45, 2.75) is 0 Å². The Hall–Kier alpha value is -8.15. The van der Waals surface area contributed by atoms with E-state index in [0.717, 1.165) is 71.7 Å². The van der Waals surface area contributed by atoms with Crippen molar-refractivity contribution in [1.29, 1.82) is 0 Å². The average molecular weight is 766 g/mol. The van der Waals surface area contributed by atoms with Gasteiger partial charge in [0.2, 0.25) is 5.95 Å². The van der Waals surface area contributed by atoms with Crippen LogP contribution < -0.4 is 0 Å². The predicted octanol–water partition coefficient (Wildman–Crippen LogP) is 13.9. The van der Waals surface area contributed by atoms with E-state index in [0.29, 0.717) is 17.6 Å². The quantitative estimate of drug-likeness (QED) is 0.169. The number of fused-ring (bicyclic) bond motifs is 8. The number of benzene rings is 9.